The maximum absolute atomic E-state index is 12.0. The summed E-state index contributed by atoms with van der Waals surface area (Å²) in [5, 5.41) is 4.14. The predicted molar refractivity (Wildman–Crippen MR) is 78.7 cm³/mol. The minimum atomic E-state index is -0.125. The highest BCUT2D eigenvalue weighted by atomic mass is 16.5. The van der Waals surface area contributed by atoms with E-state index < -0.39 is 0 Å². The molecular formula is C15H19N3O3. The van der Waals surface area contributed by atoms with Crippen LogP contribution in [0.4, 0.5) is 0 Å². The van der Waals surface area contributed by atoms with Crippen LogP contribution < -0.4 is 9.47 Å². The van der Waals surface area contributed by atoms with E-state index in [2.05, 4.69) is 10.1 Å². The molecule has 1 aromatic heterocycles. The Bertz CT molecular complexity index is 605. The molecule has 0 bridgehead atoms. The molecule has 0 aliphatic rings. The van der Waals surface area contributed by atoms with Gasteiger partial charge in [0.2, 0.25) is 5.91 Å². The summed E-state index contributed by atoms with van der Waals surface area (Å²) in [4.78, 5) is 16.3. The van der Waals surface area contributed by atoms with Gasteiger partial charge in [0.15, 0.2) is 5.82 Å². The van der Waals surface area contributed by atoms with Gasteiger partial charge in [-0.3, -0.25) is 4.79 Å². The van der Waals surface area contributed by atoms with E-state index in [4.69, 9.17) is 9.47 Å². The molecule has 2 aromatic rings. The summed E-state index contributed by atoms with van der Waals surface area (Å²) in [6.45, 7) is 4.30. The Hall–Kier alpha value is -2.37. The number of hydrogen-bond donors (Lipinski definition) is 0. The molecule has 2 rings (SSSR count). The van der Waals surface area contributed by atoms with E-state index in [-0.39, 0.29) is 11.9 Å². The van der Waals surface area contributed by atoms with Gasteiger partial charge in [-0.1, -0.05) is 13.8 Å². The third-order valence-corrected chi connectivity index (χ3v) is 2.91. The maximum atomic E-state index is 12.0. The fourth-order valence-corrected chi connectivity index (χ4v) is 1.80. The van der Waals surface area contributed by atoms with Crippen molar-refractivity contribution in [2.45, 2.75) is 26.7 Å². The van der Waals surface area contributed by atoms with E-state index in [1.54, 1.807) is 14.0 Å². The second-order valence-electron chi connectivity index (χ2n) is 4.45. The second kappa shape index (κ2) is 6.88. The van der Waals surface area contributed by atoms with Crippen molar-refractivity contribution in [1.29, 1.82) is 0 Å². The molecule has 0 fully saturated rings. The van der Waals surface area contributed by atoms with Gasteiger partial charge in [-0.2, -0.15) is 9.67 Å². The smallest absolute Gasteiger partial charge is 0.336 e. The van der Waals surface area contributed by atoms with Crippen LogP contribution in [0.5, 0.6) is 11.8 Å². The molecule has 0 saturated carbocycles. The van der Waals surface area contributed by atoms with Crippen molar-refractivity contribution < 1.29 is 14.3 Å². The lowest BCUT2D eigenvalue weighted by atomic mass is 10.2. The second-order valence-corrected chi connectivity index (χ2v) is 4.45. The van der Waals surface area contributed by atoms with Crippen molar-refractivity contribution in [1.82, 2.24) is 14.8 Å². The lowest BCUT2D eigenvalue weighted by Crippen LogP contribution is -2.12. The molecule has 1 aromatic carbocycles. The Morgan fingerprint density at radius 3 is 2.52 bits per heavy atom. The van der Waals surface area contributed by atoms with Gasteiger partial charge in [0, 0.05) is 12.0 Å². The molecule has 1 heterocycles. The normalized spacial score (nSPS) is 10.4. The Balaban J connectivity index is 2.38. The van der Waals surface area contributed by atoms with Crippen molar-refractivity contribution in [2.75, 3.05) is 13.7 Å². The Morgan fingerprint density at radius 2 is 1.95 bits per heavy atom. The van der Waals surface area contributed by atoms with Crippen LogP contribution in [0.15, 0.2) is 24.3 Å². The van der Waals surface area contributed by atoms with Crippen molar-refractivity contribution >= 4 is 5.91 Å². The van der Waals surface area contributed by atoms with E-state index >= 15 is 0 Å². The third kappa shape index (κ3) is 3.39. The van der Waals surface area contributed by atoms with E-state index in [9.17, 15) is 4.79 Å². The predicted octanol–water partition coefficient (Wildman–Crippen LogP) is 2.79. The van der Waals surface area contributed by atoms with E-state index in [1.807, 2.05) is 31.2 Å². The molecule has 6 heteroatoms. The first-order valence-electron chi connectivity index (χ1n) is 6.97. The number of carbonyl (C=O) groups is 1. The molecule has 21 heavy (non-hydrogen) atoms. The molecule has 0 spiro atoms. The number of aromatic nitrogens is 3. The summed E-state index contributed by atoms with van der Waals surface area (Å²) in [5.74, 6) is 1.10. The summed E-state index contributed by atoms with van der Waals surface area (Å²) < 4.78 is 11.8. The molecule has 0 unspecified atom stereocenters. The fourth-order valence-electron chi connectivity index (χ4n) is 1.80. The number of ether oxygens (including phenoxy) is 2. The van der Waals surface area contributed by atoms with Crippen LogP contribution in [-0.2, 0) is 0 Å². The molecular weight excluding hydrogens is 270 g/mol. The molecule has 0 amide bonds. The summed E-state index contributed by atoms with van der Waals surface area (Å²) in [5.41, 5.74) is 0.788. The van der Waals surface area contributed by atoms with Crippen molar-refractivity contribution in [3.05, 3.63) is 24.3 Å². The van der Waals surface area contributed by atoms with Gasteiger partial charge < -0.3 is 9.47 Å². The molecule has 112 valence electrons. The number of methoxy groups -OCH3 is 1. The first-order valence-corrected chi connectivity index (χ1v) is 6.97. The van der Waals surface area contributed by atoms with Crippen LogP contribution in [0.25, 0.3) is 11.4 Å². The fraction of sp³-hybridized carbons (Fsp3) is 0.400. The average Bonchev–Trinajstić information content (AvgIpc) is 2.96. The SMILES string of the molecule is CCCOc1nc(-c2ccc(OC)cc2)n(C(=O)CC)n1. The summed E-state index contributed by atoms with van der Waals surface area (Å²) in [6, 6.07) is 7.54. The zero-order valence-electron chi connectivity index (χ0n) is 12.5. The van der Waals surface area contributed by atoms with Crippen molar-refractivity contribution in [2.24, 2.45) is 0 Å². The number of benzene rings is 1. The Morgan fingerprint density at radius 1 is 1.24 bits per heavy atom. The summed E-state index contributed by atoms with van der Waals surface area (Å²) in [7, 11) is 1.61. The minimum Gasteiger partial charge on any atom is -0.497 e. The first-order chi connectivity index (χ1) is 10.2. The van der Waals surface area contributed by atoms with Gasteiger partial charge in [0.05, 0.1) is 13.7 Å². The van der Waals surface area contributed by atoms with Gasteiger partial charge in [-0.05, 0) is 30.7 Å². The lowest BCUT2D eigenvalue weighted by molar-refractivity contribution is 0.0892. The van der Waals surface area contributed by atoms with Gasteiger partial charge in [-0.25, -0.2) is 0 Å². The largest absolute Gasteiger partial charge is 0.497 e. The number of rotatable bonds is 6. The molecule has 0 atom stereocenters. The summed E-state index contributed by atoms with van der Waals surface area (Å²) >= 11 is 0. The highest BCUT2D eigenvalue weighted by Crippen LogP contribution is 2.23. The van der Waals surface area contributed by atoms with Crippen LogP contribution in [0.3, 0.4) is 0 Å². The molecule has 6 nitrogen and oxygen atoms in total. The number of carbonyl (C=O) groups excluding carboxylic acids is 1. The molecule has 0 saturated heterocycles. The zero-order chi connectivity index (χ0) is 15.2. The van der Waals surface area contributed by atoms with E-state index in [0.717, 1.165) is 17.7 Å². The Labute approximate surface area is 123 Å². The highest BCUT2D eigenvalue weighted by Gasteiger charge is 2.17. The molecule has 0 aliphatic heterocycles. The van der Waals surface area contributed by atoms with Crippen LogP contribution in [0.1, 0.15) is 31.5 Å². The molecule has 0 aliphatic carbocycles. The molecule has 0 N–H and O–H groups in total. The lowest BCUT2D eigenvalue weighted by Gasteiger charge is -2.04. The zero-order valence-corrected chi connectivity index (χ0v) is 12.5. The van der Waals surface area contributed by atoms with Crippen LogP contribution in [-0.4, -0.2) is 34.4 Å². The average molecular weight is 289 g/mol. The van der Waals surface area contributed by atoms with Gasteiger partial charge in [0.25, 0.3) is 0 Å². The monoisotopic (exact) mass is 289 g/mol. The number of nitrogens with zero attached hydrogens (tertiary/aromatic N) is 3. The van der Waals surface area contributed by atoms with Crippen LogP contribution in [0, 0.1) is 0 Å². The number of hydrogen-bond acceptors (Lipinski definition) is 5. The molecule has 0 radical (unpaired) electrons. The summed E-state index contributed by atoms with van der Waals surface area (Å²) in [6.07, 6.45) is 1.20. The minimum absolute atomic E-state index is 0.125. The van der Waals surface area contributed by atoms with Crippen molar-refractivity contribution in [3.63, 3.8) is 0 Å². The van der Waals surface area contributed by atoms with E-state index in [1.165, 1.54) is 4.68 Å². The standard InChI is InChI=1S/C15H19N3O3/c1-4-10-21-15-16-14(18(17-15)13(19)5-2)11-6-8-12(20-3)9-7-11/h6-9H,4-5,10H2,1-3H3. The van der Waals surface area contributed by atoms with Gasteiger partial charge in [-0.15, -0.1) is 5.10 Å². The first kappa shape index (κ1) is 15.0. The maximum Gasteiger partial charge on any atom is 0.336 e. The highest BCUT2D eigenvalue weighted by molar-refractivity contribution is 5.82. The van der Waals surface area contributed by atoms with Crippen molar-refractivity contribution in [3.8, 4) is 23.1 Å². The van der Waals surface area contributed by atoms with Crippen LogP contribution in [0.2, 0.25) is 0 Å². The topological polar surface area (TPSA) is 66.2 Å². The van der Waals surface area contributed by atoms with Gasteiger partial charge >= 0.3 is 6.01 Å². The van der Waals surface area contributed by atoms with Gasteiger partial charge in [0.1, 0.15) is 5.75 Å². The third-order valence-electron chi connectivity index (χ3n) is 2.91. The Kier molecular flexibility index (Phi) is 4.92. The van der Waals surface area contributed by atoms with Crippen LogP contribution >= 0.6 is 0 Å². The van der Waals surface area contributed by atoms with E-state index in [0.29, 0.717) is 18.9 Å². The quantitative estimate of drug-likeness (QED) is 0.818.